The molecule has 4 amide bonds. The van der Waals surface area contributed by atoms with E-state index in [1.807, 2.05) is 6.92 Å². The zero-order valence-corrected chi connectivity index (χ0v) is 32.4. The largest absolute Gasteiger partial charge is 0.458 e. The molecule has 5 atom stereocenters. The van der Waals surface area contributed by atoms with E-state index < -0.39 is 82.3 Å². The summed E-state index contributed by atoms with van der Waals surface area (Å²) in [6.45, 7) is 25.2. The van der Waals surface area contributed by atoms with Crippen molar-refractivity contribution in [1.29, 1.82) is 0 Å². The Balaban J connectivity index is 4.02. The van der Waals surface area contributed by atoms with Crippen molar-refractivity contribution in [3.8, 4) is 0 Å². The van der Waals surface area contributed by atoms with Gasteiger partial charge in [-0.2, -0.15) is 5.01 Å². The molecule has 0 aromatic rings. The number of rotatable bonds is 9. The fourth-order valence-electron chi connectivity index (χ4n) is 5.23. The number of esters is 1. The number of likely N-dealkylation sites (tertiary alicyclic amines) is 1. The van der Waals surface area contributed by atoms with Crippen LogP contribution in [0.4, 0.5) is 14.4 Å². The van der Waals surface area contributed by atoms with Crippen molar-refractivity contribution in [3.05, 3.63) is 0 Å². The molecule has 1 aliphatic rings. The van der Waals surface area contributed by atoms with Crippen LogP contribution in [0.2, 0.25) is 0 Å². The minimum absolute atomic E-state index is 0.0913. The molecule has 1 saturated heterocycles. The average Bonchev–Trinajstić information content (AvgIpc) is 3.25. The summed E-state index contributed by atoms with van der Waals surface area (Å²) >= 11 is 0. The maximum atomic E-state index is 14.1. The molecule has 1 rings (SSSR count). The van der Waals surface area contributed by atoms with Crippen molar-refractivity contribution in [2.75, 3.05) is 7.11 Å². The lowest BCUT2D eigenvalue weighted by atomic mass is 9.83. The number of carbonyl (C=O) groups is 5. The number of carbonyl (C=O) groups excluding carboxylic acids is 5. The Morgan fingerprint density at radius 3 is 1.78 bits per heavy atom. The molecular weight excluding hydrogens is 638 g/mol. The van der Waals surface area contributed by atoms with Crippen LogP contribution < -0.4 is 10.7 Å². The summed E-state index contributed by atoms with van der Waals surface area (Å²) in [6, 6.07) is -4.19. The normalized spacial score (nSPS) is 20.6. The van der Waals surface area contributed by atoms with Crippen molar-refractivity contribution < 1.29 is 47.7 Å². The lowest BCUT2D eigenvalue weighted by Gasteiger charge is -2.44. The summed E-state index contributed by atoms with van der Waals surface area (Å²) in [5, 5.41) is 3.67. The molecule has 1 fully saturated rings. The Kier molecular flexibility index (Phi) is 14.5. The second-order valence-corrected chi connectivity index (χ2v) is 16.4. The van der Waals surface area contributed by atoms with E-state index in [2.05, 4.69) is 15.7 Å². The number of methoxy groups -OCH3 is 1. The highest BCUT2D eigenvalue weighted by Crippen LogP contribution is 2.38. The van der Waals surface area contributed by atoms with Crippen molar-refractivity contribution in [2.24, 2.45) is 4.99 Å². The van der Waals surface area contributed by atoms with Gasteiger partial charge in [0.15, 0.2) is 0 Å². The number of hydrogen-bond acceptors (Lipinski definition) is 11. The van der Waals surface area contributed by atoms with E-state index in [9.17, 15) is 24.0 Å². The summed E-state index contributed by atoms with van der Waals surface area (Å²) in [6.07, 6.45) is -0.732. The first-order valence-corrected chi connectivity index (χ1v) is 16.6. The fourth-order valence-corrected chi connectivity index (χ4v) is 5.23. The number of ether oxygens (including phenoxy) is 5. The third kappa shape index (κ3) is 14.4. The van der Waals surface area contributed by atoms with Gasteiger partial charge < -0.3 is 29.0 Å². The maximum Gasteiger partial charge on any atom is 0.435 e. The molecule has 49 heavy (non-hydrogen) atoms. The second-order valence-electron chi connectivity index (χ2n) is 16.4. The van der Waals surface area contributed by atoms with Crippen LogP contribution in [0.25, 0.3) is 0 Å². The van der Waals surface area contributed by atoms with E-state index in [0.717, 1.165) is 11.3 Å². The van der Waals surface area contributed by atoms with Crippen LogP contribution in [-0.2, 0) is 33.3 Å². The quantitative estimate of drug-likeness (QED) is 0.103. The smallest absolute Gasteiger partial charge is 0.435 e. The lowest BCUT2D eigenvalue weighted by molar-refractivity contribution is -0.161. The molecule has 2 N–H and O–H groups in total. The standard InChI is InChI=1S/C34H61N5O10/c1-17-18-34(15,45-16)25(36-21(2)40)24-22(19-23(26(41)46-30(3,4)5)39(24)29(44)49-33(12,13)14)35-20-38(28(43)48-32(9,10)11)37-27(42)47-31(6,7)8/h20,22-25H,17-19H2,1-16H3,(H,36,40)(H,37,42)/t22-,23-,24-,25-,34+/m1/s1. The van der Waals surface area contributed by atoms with Gasteiger partial charge in [-0.05, 0) is 96.4 Å². The van der Waals surface area contributed by atoms with Gasteiger partial charge in [0.1, 0.15) is 34.8 Å². The minimum Gasteiger partial charge on any atom is -0.458 e. The molecule has 0 unspecified atom stereocenters. The molecule has 1 aliphatic heterocycles. The van der Waals surface area contributed by atoms with Gasteiger partial charge in [-0.15, -0.1) is 0 Å². The first-order valence-electron chi connectivity index (χ1n) is 16.6. The van der Waals surface area contributed by atoms with Gasteiger partial charge in [0.25, 0.3) is 0 Å². The number of hydrazine groups is 1. The number of nitrogens with one attached hydrogen (secondary N) is 2. The van der Waals surface area contributed by atoms with Crippen molar-refractivity contribution >= 4 is 36.5 Å². The SMILES string of the molecule is CCC[C@](C)(OC)[C@H](NC(C)=O)[C@H]1[C@H](N=CN(NC(=O)OC(C)(C)C)C(=O)OC(C)(C)C)C[C@H](C(=O)OC(C)(C)C)N1C(=O)OC(C)(C)C. The first kappa shape index (κ1) is 43.4. The molecule has 0 aliphatic carbocycles. The number of aliphatic imine (C=N–C) groups is 1. The van der Waals surface area contributed by atoms with Gasteiger partial charge in [0.2, 0.25) is 5.91 Å². The van der Waals surface area contributed by atoms with Crippen LogP contribution in [0, 0.1) is 0 Å². The molecule has 282 valence electrons. The molecule has 0 aromatic heterocycles. The topological polar surface area (TPSA) is 174 Å². The number of hydrogen-bond donors (Lipinski definition) is 2. The van der Waals surface area contributed by atoms with Crippen molar-refractivity contribution in [3.63, 3.8) is 0 Å². The van der Waals surface area contributed by atoms with Gasteiger partial charge in [-0.1, -0.05) is 13.3 Å². The van der Waals surface area contributed by atoms with Gasteiger partial charge in [-0.25, -0.2) is 24.6 Å². The molecular formula is C34H61N5O10. The van der Waals surface area contributed by atoms with Gasteiger partial charge >= 0.3 is 24.2 Å². The Morgan fingerprint density at radius 2 is 1.35 bits per heavy atom. The van der Waals surface area contributed by atoms with Gasteiger partial charge in [-0.3, -0.25) is 14.7 Å². The van der Waals surface area contributed by atoms with Crippen LogP contribution in [0.5, 0.6) is 0 Å². The summed E-state index contributed by atoms with van der Waals surface area (Å²) in [5.41, 5.74) is -2.41. The molecule has 1 heterocycles. The van der Waals surface area contributed by atoms with Crippen LogP contribution in [0.1, 0.15) is 123 Å². The molecule has 0 aromatic carbocycles. The Hall–Kier alpha value is -3.62. The Morgan fingerprint density at radius 1 is 0.837 bits per heavy atom. The summed E-state index contributed by atoms with van der Waals surface area (Å²) in [5.74, 6) is -1.13. The lowest BCUT2D eigenvalue weighted by Crippen LogP contribution is -2.65. The zero-order valence-electron chi connectivity index (χ0n) is 32.4. The zero-order chi connectivity index (χ0) is 38.3. The van der Waals surface area contributed by atoms with Crippen LogP contribution in [0.3, 0.4) is 0 Å². The minimum atomic E-state index is -1.21. The van der Waals surface area contributed by atoms with Gasteiger partial charge in [0.05, 0.1) is 23.7 Å². The highest BCUT2D eigenvalue weighted by atomic mass is 16.6. The molecule has 0 bridgehead atoms. The number of nitrogens with zero attached hydrogens (tertiary/aromatic N) is 3. The molecule has 0 radical (unpaired) electrons. The molecule has 0 saturated carbocycles. The third-order valence-electron chi connectivity index (χ3n) is 6.94. The van der Waals surface area contributed by atoms with E-state index in [0.29, 0.717) is 12.8 Å². The van der Waals surface area contributed by atoms with Crippen LogP contribution in [0.15, 0.2) is 4.99 Å². The van der Waals surface area contributed by atoms with E-state index >= 15 is 0 Å². The third-order valence-corrected chi connectivity index (χ3v) is 6.94. The Bertz CT molecular complexity index is 1210. The molecule has 0 spiro atoms. The van der Waals surface area contributed by atoms with E-state index in [1.165, 1.54) is 18.9 Å². The number of amides is 4. The average molecular weight is 700 g/mol. The highest BCUT2D eigenvalue weighted by Gasteiger charge is 2.56. The molecule has 15 heteroatoms. The summed E-state index contributed by atoms with van der Waals surface area (Å²) < 4.78 is 28.4. The van der Waals surface area contributed by atoms with Crippen molar-refractivity contribution in [1.82, 2.24) is 20.7 Å². The fraction of sp³-hybridized carbons (Fsp3) is 0.824. The monoisotopic (exact) mass is 699 g/mol. The predicted octanol–water partition coefficient (Wildman–Crippen LogP) is 5.49. The highest BCUT2D eigenvalue weighted by molar-refractivity contribution is 5.86. The second kappa shape index (κ2) is 16.4. The van der Waals surface area contributed by atoms with E-state index in [-0.39, 0.29) is 6.42 Å². The van der Waals surface area contributed by atoms with E-state index in [4.69, 9.17) is 23.7 Å². The molecule has 15 nitrogen and oxygen atoms in total. The first-order chi connectivity index (χ1) is 22.0. The van der Waals surface area contributed by atoms with Crippen molar-refractivity contribution in [2.45, 2.75) is 175 Å². The van der Waals surface area contributed by atoms with Crippen LogP contribution in [-0.4, -0.2) is 106 Å². The predicted molar refractivity (Wildman–Crippen MR) is 184 cm³/mol. The maximum absolute atomic E-state index is 14.1. The van der Waals surface area contributed by atoms with E-state index in [1.54, 1.807) is 90.0 Å². The summed E-state index contributed by atoms with van der Waals surface area (Å²) in [7, 11) is 1.50. The Labute approximate surface area is 292 Å². The van der Waals surface area contributed by atoms with Gasteiger partial charge in [0, 0.05) is 20.5 Å². The summed E-state index contributed by atoms with van der Waals surface area (Å²) in [4.78, 5) is 72.6. The van der Waals surface area contributed by atoms with Crippen LogP contribution >= 0.6 is 0 Å².